The fourth-order valence-corrected chi connectivity index (χ4v) is 1.34. The molecule has 0 bridgehead atoms. The molecule has 0 saturated heterocycles. The Balaban J connectivity index is 2.20. The Kier molecular flexibility index (Phi) is 5.49. The highest BCUT2D eigenvalue weighted by Crippen LogP contribution is 1.98. The summed E-state index contributed by atoms with van der Waals surface area (Å²) in [5, 5.41) is 12.5. The number of likely N-dealkylation sites (N-methyl/N-ethyl adjacent to an activating group) is 1. The van der Waals surface area contributed by atoms with Crippen LogP contribution in [-0.4, -0.2) is 50.9 Å². The summed E-state index contributed by atoms with van der Waals surface area (Å²) < 4.78 is 1.51. The molecule has 1 aromatic heterocycles. The number of amides is 1. The number of rotatable bonds is 7. The van der Waals surface area contributed by atoms with Gasteiger partial charge in [0.25, 0.3) is 0 Å². The van der Waals surface area contributed by atoms with Crippen LogP contribution in [0, 0.1) is 0 Å². The number of nitrogens with zero attached hydrogens (tertiary/aromatic N) is 4. The molecule has 1 heterocycles. The van der Waals surface area contributed by atoms with E-state index in [9.17, 15) is 4.79 Å². The second kappa shape index (κ2) is 6.95. The summed E-state index contributed by atoms with van der Waals surface area (Å²) in [6.45, 7) is 1.17. The first-order valence-electron chi connectivity index (χ1n) is 5.41. The molecule has 0 radical (unpaired) electrons. The zero-order valence-electron chi connectivity index (χ0n) is 9.54. The van der Waals surface area contributed by atoms with Crippen molar-refractivity contribution in [3.8, 4) is 0 Å². The van der Waals surface area contributed by atoms with Crippen molar-refractivity contribution in [2.45, 2.75) is 25.8 Å². The first-order chi connectivity index (χ1) is 7.74. The van der Waals surface area contributed by atoms with Gasteiger partial charge in [-0.25, -0.2) is 9.67 Å². The molecule has 1 N–H and O–H groups in total. The number of carbonyl (C=O) groups is 1. The SMILES string of the molecule is CN(CCCCCO)C(=O)Cn1cncn1. The van der Waals surface area contributed by atoms with Crippen LogP contribution >= 0.6 is 0 Å². The maximum atomic E-state index is 11.7. The molecule has 1 amide bonds. The lowest BCUT2D eigenvalue weighted by Crippen LogP contribution is -2.31. The molecule has 90 valence electrons. The number of aromatic nitrogens is 3. The van der Waals surface area contributed by atoms with Gasteiger partial charge >= 0.3 is 0 Å². The predicted molar refractivity (Wildman–Crippen MR) is 58.6 cm³/mol. The highest BCUT2D eigenvalue weighted by atomic mass is 16.2. The highest BCUT2D eigenvalue weighted by Gasteiger charge is 2.08. The number of hydrogen-bond acceptors (Lipinski definition) is 4. The van der Waals surface area contributed by atoms with E-state index in [4.69, 9.17) is 5.11 Å². The second-order valence-corrected chi connectivity index (χ2v) is 3.69. The van der Waals surface area contributed by atoms with Crippen LogP contribution < -0.4 is 0 Å². The summed E-state index contributed by atoms with van der Waals surface area (Å²) in [6, 6.07) is 0. The molecular formula is C10H18N4O2. The van der Waals surface area contributed by atoms with Crippen LogP contribution in [0.1, 0.15) is 19.3 Å². The van der Waals surface area contributed by atoms with Gasteiger partial charge in [0.15, 0.2) is 0 Å². The van der Waals surface area contributed by atoms with Crippen molar-refractivity contribution < 1.29 is 9.90 Å². The minimum absolute atomic E-state index is 0.0227. The normalized spacial score (nSPS) is 10.4. The van der Waals surface area contributed by atoms with Crippen molar-refractivity contribution in [1.82, 2.24) is 19.7 Å². The number of carbonyl (C=O) groups excluding carboxylic acids is 1. The predicted octanol–water partition coefficient (Wildman–Crippen LogP) is -0.101. The van der Waals surface area contributed by atoms with Crippen LogP contribution in [-0.2, 0) is 11.3 Å². The van der Waals surface area contributed by atoms with Crippen molar-refractivity contribution in [3.05, 3.63) is 12.7 Å². The number of unbranched alkanes of at least 4 members (excludes halogenated alkanes) is 2. The molecule has 0 saturated carbocycles. The van der Waals surface area contributed by atoms with Crippen molar-refractivity contribution >= 4 is 5.91 Å². The molecule has 6 heteroatoms. The average Bonchev–Trinajstić information content (AvgIpc) is 2.76. The molecule has 0 aliphatic rings. The molecule has 16 heavy (non-hydrogen) atoms. The van der Waals surface area contributed by atoms with Gasteiger partial charge in [-0.2, -0.15) is 5.10 Å². The lowest BCUT2D eigenvalue weighted by Gasteiger charge is -2.16. The van der Waals surface area contributed by atoms with Gasteiger partial charge in [0.1, 0.15) is 19.2 Å². The maximum absolute atomic E-state index is 11.7. The summed E-state index contributed by atoms with van der Waals surface area (Å²) >= 11 is 0. The summed E-state index contributed by atoms with van der Waals surface area (Å²) in [5.74, 6) is 0.0227. The first-order valence-corrected chi connectivity index (χ1v) is 5.41. The van der Waals surface area contributed by atoms with Crippen molar-refractivity contribution in [3.63, 3.8) is 0 Å². The van der Waals surface area contributed by atoms with E-state index in [1.807, 2.05) is 0 Å². The fraction of sp³-hybridized carbons (Fsp3) is 0.700. The Hall–Kier alpha value is -1.43. The van der Waals surface area contributed by atoms with Crippen molar-refractivity contribution in [2.75, 3.05) is 20.2 Å². The van der Waals surface area contributed by atoms with Crippen LogP contribution in [0.2, 0.25) is 0 Å². The van der Waals surface area contributed by atoms with Gasteiger partial charge in [-0.15, -0.1) is 0 Å². The molecule has 0 fully saturated rings. The molecule has 1 aromatic rings. The Morgan fingerprint density at radius 2 is 2.25 bits per heavy atom. The summed E-state index contributed by atoms with van der Waals surface area (Å²) in [6.07, 6.45) is 5.59. The summed E-state index contributed by atoms with van der Waals surface area (Å²) in [5.41, 5.74) is 0. The van der Waals surface area contributed by atoms with Crippen molar-refractivity contribution in [2.24, 2.45) is 0 Å². The lowest BCUT2D eigenvalue weighted by atomic mass is 10.2. The van der Waals surface area contributed by atoms with Gasteiger partial charge in [-0.3, -0.25) is 4.79 Å². The standard InChI is InChI=1S/C10H18N4O2/c1-13(5-3-2-4-6-15)10(16)7-14-9-11-8-12-14/h8-9,15H,2-7H2,1H3. The van der Waals surface area contributed by atoms with E-state index >= 15 is 0 Å². The van der Waals surface area contributed by atoms with E-state index in [1.165, 1.54) is 17.3 Å². The molecule has 0 aromatic carbocycles. The number of aliphatic hydroxyl groups is 1. The van der Waals surface area contributed by atoms with Gasteiger partial charge < -0.3 is 10.0 Å². The molecule has 6 nitrogen and oxygen atoms in total. The molecule has 1 rings (SSSR count). The van der Waals surface area contributed by atoms with Gasteiger partial charge in [0.2, 0.25) is 5.91 Å². The third-order valence-corrected chi connectivity index (χ3v) is 2.34. The minimum atomic E-state index is 0.0227. The molecule has 0 spiro atoms. The molecular weight excluding hydrogens is 208 g/mol. The third-order valence-electron chi connectivity index (χ3n) is 2.34. The average molecular weight is 226 g/mol. The van der Waals surface area contributed by atoms with Crippen molar-refractivity contribution in [1.29, 1.82) is 0 Å². The molecule has 0 atom stereocenters. The van der Waals surface area contributed by atoms with Gasteiger partial charge in [0.05, 0.1) is 0 Å². The van der Waals surface area contributed by atoms with E-state index in [1.54, 1.807) is 11.9 Å². The van der Waals surface area contributed by atoms with Crippen LogP contribution in [0.5, 0.6) is 0 Å². The zero-order valence-corrected chi connectivity index (χ0v) is 9.54. The maximum Gasteiger partial charge on any atom is 0.244 e. The smallest absolute Gasteiger partial charge is 0.244 e. The largest absolute Gasteiger partial charge is 0.396 e. The zero-order chi connectivity index (χ0) is 11.8. The lowest BCUT2D eigenvalue weighted by molar-refractivity contribution is -0.130. The summed E-state index contributed by atoms with van der Waals surface area (Å²) in [4.78, 5) is 17.1. The molecule has 0 aliphatic heterocycles. The number of hydrogen-bond donors (Lipinski definition) is 1. The van der Waals surface area contributed by atoms with E-state index in [0.29, 0.717) is 6.54 Å². The monoisotopic (exact) mass is 226 g/mol. The Morgan fingerprint density at radius 3 is 2.88 bits per heavy atom. The Morgan fingerprint density at radius 1 is 1.44 bits per heavy atom. The summed E-state index contributed by atoms with van der Waals surface area (Å²) in [7, 11) is 1.78. The Bertz CT molecular complexity index is 300. The van der Waals surface area contributed by atoms with E-state index < -0.39 is 0 Å². The van der Waals surface area contributed by atoms with Crippen LogP contribution in [0.25, 0.3) is 0 Å². The highest BCUT2D eigenvalue weighted by molar-refractivity contribution is 5.75. The fourth-order valence-electron chi connectivity index (χ4n) is 1.34. The number of aliphatic hydroxyl groups excluding tert-OH is 1. The van der Waals surface area contributed by atoms with Crippen LogP contribution in [0.4, 0.5) is 0 Å². The van der Waals surface area contributed by atoms with Crippen LogP contribution in [0.3, 0.4) is 0 Å². The van der Waals surface area contributed by atoms with Gasteiger partial charge in [-0.05, 0) is 19.3 Å². The van der Waals surface area contributed by atoms with Crippen LogP contribution in [0.15, 0.2) is 12.7 Å². The second-order valence-electron chi connectivity index (χ2n) is 3.69. The molecule has 0 aliphatic carbocycles. The van der Waals surface area contributed by atoms with Gasteiger partial charge in [0, 0.05) is 20.2 Å². The van der Waals surface area contributed by atoms with E-state index in [-0.39, 0.29) is 19.1 Å². The topological polar surface area (TPSA) is 71.2 Å². The van der Waals surface area contributed by atoms with E-state index in [2.05, 4.69) is 10.1 Å². The minimum Gasteiger partial charge on any atom is -0.396 e. The van der Waals surface area contributed by atoms with Gasteiger partial charge in [-0.1, -0.05) is 0 Å². The Labute approximate surface area is 94.9 Å². The first kappa shape index (κ1) is 12.6. The van der Waals surface area contributed by atoms with E-state index in [0.717, 1.165) is 19.3 Å². The molecule has 0 unspecified atom stereocenters. The third kappa shape index (κ3) is 4.39. The quantitative estimate of drug-likeness (QED) is 0.659.